The molecule has 2 rings (SSSR count). The Morgan fingerprint density at radius 3 is 2.27 bits per heavy atom. The Morgan fingerprint density at radius 1 is 1.00 bits per heavy atom. The summed E-state index contributed by atoms with van der Waals surface area (Å²) < 4.78 is 5.35. The number of alkyl carbamates (subject to hydrolysis) is 1. The minimum absolute atomic E-state index is 0.229. The molecule has 0 heterocycles. The van der Waals surface area contributed by atoms with Crippen molar-refractivity contribution in [2.24, 2.45) is 5.73 Å². The second-order valence-electron chi connectivity index (χ2n) is 7.99. The van der Waals surface area contributed by atoms with Crippen LogP contribution in [0.25, 0.3) is 0 Å². The quantitative estimate of drug-likeness (QED) is 0.749. The Bertz CT molecular complexity index is 359. The summed E-state index contributed by atoms with van der Waals surface area (Å²) in [5, 5.41) is 6.81. The molecule has 0 radical (unpaired) electrons. The molecule has 2 aliphatic rings. The Labute approximate surface area is 134 Å². The molecule has 0 aromatic rings. The number of nitrogens with one attached hydrogen (secondary N) is 2. The number of carbonyl (C=O) groups excluding carboxylic acids is 1. The van der Waals surface area contributed by atoms with E-state index in [-0.39, 0.29) is 12.1 Å². The lowest BCUT2D eigenvalue weighted by Crippen LogP contribution is -2.49. The summed E-state index contributed by atoms with van der Waals surface area (Å²) in [6.07, 6.45) is 8.74. The minimum Gasteiger partial charge on any atom is -0.444 e. The van der Waals surface area contributed by atoms with Crippen molar-refractivity contribution in [3.63, 3.8) is 0 Å². The van der Waals surface area contributed by atoms with Crippen LogP contribution in [-0.2, 0) is 4.74 Å². The van der Waals surface area contributed by atoms with Crippen LogP contribution in [0.5, 0.6) is 0 Å². The summed E-state index contributed by atoms with van der Waals surface area (Å²) in [7, 11) is 0. The molecule has 2 saturated carbocycles. The van der Waals surface area contributed by atoms with Crippen molar-refractivity contribution in [3.05, 3.63) is 0 Å². The van der Waals surface area contributed by atoms with Gasteiger partial charge in [-0.15, -0.1) is 0 Å². The summed E-state index contributed by atoms with van der Waals surface area (Å²) in [6.45, 7) is 5.68. The lowest BCUT2D eigenvalue weighted by molar-refractivity contribution is 0.0487. The van der Waals surface area contributed by atoms with Gasteiger partial charge >= 0.3 is 6.09 Å². The lowest BCUT2D eigenvalue weighted by atomic mass is 9.87. The van der Waals surface area contributed by atoms with Crippen molar-refractivity contribution in [3.8, 4) is 0 Å². The predicted molar refractivity (Wildman–Crippen MR) is 88.8 cm³/mol. The van der Waals surface area contributed by atoms with Gasteiger partial charge in [-0.05, 0) is 72.1 Å². The van der Waals surface area contributed by atoms with E-state index in [4.69, 9.17) is 10.5 Å². The second kappa shape index (κ2) is 7.64. The van der Waals surface area contributed by atoms with E-state index >= 15 is 0 Å². The zero-order valence-corrected chi connectivity index (χ0v) is 14.4. The maximum atomic E-state index is 11.9. The average molecular weight is 311 g/mol. The highest BCUT2D eigenvalue weighted by atomic mass is 16.6. The molecular formula is C17H33N3O2. The van der Waals surface area contributed by atoms with Crippen molar-refractivity contribution in [2.45, 2.75) is 102 Å². The molecule has 0 spiro atoms. The predicted octanol–water partition coefficient (Wildman–Crippen LogP) is 2.68. The summed E-state index contributed by atoms with van der Waals surface area (Å²) in [4.78, 5) is 11.9. The lowest BCUT2D eigenvalue weighted by Gasteiger charge is -2.35. The summed E-state index contributed by atoms with van der Waals surface area (Å²) in [6, 6.07) is 1.73. The van der Waals surface area contributed by atoms with Crippen LogP contribution in [0.15, 0.2) is 0 Å². The number of nitrogens with two attached hydrogens (primary N) is 1. The third-order valence-electron chi connectivity index (χ3n) is 4.64. The highest BCUT2D eigenvalue weighted by molar-refractivity contribution is 5.68. The number of hydrogen-bond acceptors (Lipinski definition) is 4. The highest BCUT2D eigenvalue weighted by Gasteiger charge is 2.28. The van der Waals surface area contributed by atoms with Gasteiger partial charge in [0.2, 0.25) is 0 Å². The largest absolute Gasteiger partial charge is 0.444 e. The molecule has 1 amide bonds. The first-order chi connectivity index (χ1) is 10.3. The van der Waals surface area contributed by atoms with Gasteiger partial charge in [0.1, 0.15) is 5.60 Å². The molecule has 5 heteroatoms. The summed E-state index contributed by atoms with van der Waals surface area (Å²) >= 11 is 0. The van der Waals surface area contributed by atoms with Crippen LogP contribution in [0, 0.1) is 0 Å². The van der Waals surface area contributed by atoms with Gasteiger partial charge in [0.25, 0.3) is 0 Å². The van der Waals surface area contributed by atoms with Gasteiger partial charge < -0.3 is 21.1 Å². The topological polar surface area (TPSA) is 76.4 Å². The van der Waals surface area contributed by atoms with E-state index in [9.17, 15) is 4.79 Å². The standard InChI is InChI=1S/C17H33N3O2/c1-17(2,3)22-16(21)20-15-6-4-5-14(11-15)19-13-9-7-12(18)8-10-13/h12-15,19H,4-11,18H2,1-3H3,(H,20,21). The van der Waals surface area contributed by atoms with Crippen LogP contribution in [-0.4, -0.2) is 35.9 Å². The highest BCUT2D eigenvalue weighted by Crippen LogP contribution is 2.23. The molecule has 22 heavy (non-hydrogen) atoms. The van der Waals surface area contributed by atoms with Crippen LogP contribution in [0.3, 0.4) is 0 Å². The zero-order chi connectivity index (χ0) is 16.2. The first-order valence-corrected chi connectivity index (χ1v) is 8.83. The van der Waals surface area contributed by atoms with Gasteiger partial charge in [-0.1, -0.05) is 0 Å². The fourth-order valence-corrected chi connectivity index (χ4v) is 3.57. The third kappa shape index (κ3) is 6.13. The maximum absolute atomic E-state index is 11.9. The van der Waals surface area contributed by atoms with Gasteiger partial charge in [0.15, 0.2) is 0 Å². The van der Waals surface area contributed by atoms with Gasteiger partial charge in [-0.25, -0.2) is 4.79 Å². The van der Waals surface area contributed by atoms with E-state index in [1.165, 1.54) is 19.3 Å². The number of rotatable bonds is 3. The molecule has 4 N–H and O–H groups in total. The minimum atomic E-state index is -0.433. The molecule has 0 aromatic carbocycles. The van der Waals surface area contributed by atoms with Crippen LogP contribution in [0.4, 0.5) is 4.79 Å². The van der Waals surface area contributed by atoms with Gasteiger partial charge in [-0.2, -0.15) is 0 Å². The Balaban J connectivity index is 1.73. The maximum Gasteiger partial charge on any atom is 0.407 e. The van der Waals surface area contributed by atoms with Crippen molar-refractivity contribution in [1.29, 1.82) is 0 Å². The molecule has 0 saturated heterocycles. The van der Waals surface area contributed by atoms with Crippen molar-refractivity contribution >= 4 is 6.09 Å². The Hall–Kier alpha value is -0.810. The van der Waals surface area contributed by atoms with Crippen LogP contribution in [0.1, 0.15) is 72.1 Å². The molecule has 128 valence electrons. The normalized spacial score (nSPS) is 33.3. The van der Waals surface area contributed by atoms with Crippen molar-refractivity contribution < 1.29 is 9.53 Å². The fraction of sp³-hybridized carbons (Fsp3) is 0.941. The van der Waals surface area contributed by atoms with E-state index in [2.05, 4.69) is 10.6 Å². The summed E-state index contributed by atoms with van der Waals surface area (Å²) in [5.41, 5.74) is 5.53. The number of hydrogen-bond donors (Lipinski definition) is 3. The van der Waals surface area contributed by atoms with Gasteiger partial charge in [0.05, 0.1) is 0 Å². The number of amides is 1. The second-order valence-corrected chi connectivity index (χ2v) is 7.99. The molecule has 5 nitrogen and oxygen atoms in total. The van der Waals surface area contributed by atoms with Crippen LogP contribution >= 0.6 is 0 Å². The van der Waals surface area contributed by atoms with Crippen molar-refractivity contribution in [2.75, 3.05) is 0 Å². The number of ether oxygens (including phenoxy) is 1. The SMILES string of the molecule is CC(C)(C)OC(=O)NC1CCCC(NC2CCC(N)CC2)C1. The third-order valence-corrected chi connectivity index (χ3v) is 4.64. The van der Waals surface area contributed by atoms with E-state index < -0.39 is 5.60 Å². The Morgan fingerprint density at radius 2 is 1.64 bits per heavy atom. The van der Waals surface area contributed by atoms with E-state index in [0.29, 0.717) is 18.1 Å². The van der Waals surface area contributed by atoms with E-state index in [0.717, 1.165) is 32.1 Å². The van der Waals surface area contributed by atoms with Crippen LogP contribution < -0.4 is 16.4 Å². The number of carbonyl (C=O) groups is 1. The molecule has 2 atom stereocenters. The first kappa shape index (κ1) is 17.5. The monoisotopic (exact) mass is 311 g/mol. The molecule has 0 bridgehead atoms. The smallest absolute Gasteiger partial charge is 0.407 e. The van der Waals surface area contributed by atoms with Crippen LogP contribution in [0.2, 0.25) is 0 Å². The zero-order valence-electron chi connectivity index (χ0n) is 14.4. The molecular weight excluding hydrogens is 278 g/mol. The van der Waals surface area contributed by atoms with E-state index in [1.807, 2.05) is 20.8 Å². The average Bonchev–Trinajstić information content (AvgIpc) is 2.39. The first-order valence-electron chi connectivity index (χ1n) is 8.83. The van der Waals surface area contributed by atoms with Gasteiger partial charge in [-0.3, -0.25) is 0 Å². The summed E-state index contributed by atoms with van der Waals surface area (Å²) in [5.74, 6) is 0. The molecule has 0 aromatic heterocycles. The molecule has 0 aliphatic heterocycles. The Kier molecular flexibility index (Phi) is 6.09. The van der Waals surface area contributed by atoms with E-state index in [1.54, 1.807) is 0 Å². The van der Waals surface area contributed by atoms with Crippen molar-refractivity contribution in [1.82, 2.24) is 10.6 Å². The van der Waals surface area contributed by atoms with Gasteiger partial charge in [0, 0.05) is 24.2 Å². The molecule has 2 fully saturated rings. The fourth-order valence-electron chi connectivity index (χ4n) is 3.57. The molecule has 2 unspecified atom stereocenters. The molecule has 2 aliphatic carbocycles.